The molecule has 7 rings (SSSR count). The molecule has 2 aromatic carbocycles. The molecule has 0 radical (unpaired) electrons. The molecule has 3 saturated carbocycles. The van der Waals surface area contributed by atoms with Crippen molar-refractivity contribution in [3.8, 4) is 0 Å². The summed E-state index contributed by atoms with van der Waals surface area (Å²) in [6.07, 6.45) is 1.40. The van der Waals surface area contributed by atoms with Gasteiger partial charge < -0.3 is 50.2 Å². The zero-order chi connectivity index (χ0) is 53.4. The molecule has 3 amide bonds. The molecule has 4 aliphatic carbocycles. The second kappa shape index (κ2) is 24.4. The SMILES string of the molecule is CCCCC(C)SC(CC(=O)O)C(=O)NCCC(=O)NCCOCCOCCC(=O)Nc1cccc(Cc2ccc([C@@H]3O[C@@H]4CC5[C@@H]6C[C@H](F)C7=CC(=O)C=C[C@]7(C)[C@@]6(F)[C@@H](O)C[C@]5(C)[C@]4(C(=O)CO)O3)cc2)c1. The number of thioether (sulfide) groups is 1. The number of allylic oxidation sites excluding steroid dienone is 4. The van der Waals surface area contributed by atoms with Crippen LogP contribution >= 0.6 is 11.8 Å². The molecule has 3 unspecified atom stereocenters. The third-order valence-corrected chi connectivity index (χ3v) is 17.3. The molecule has 2 aromatic rings. The Morgan fingerprint density at radius 2 is 1.68 bits per heavy atom. The van der Waals surface area contributed by atoms with Crippen molar-refractivity contribution in [3.05, 3.63) is 89.0 Å². The predicted octanol–water partition coefficient (Wildman–Crippen LogP) is 6.06. The third-order valence-electron chi connectivity index (χ3n) is 15.9. The molecule has 404 valence electrons. The number of amides is 3. The summed E-state index contributed by atoms with van der Waals surface area (Å²) in [5.41, 5.74) is -3.83. The Bertz CT molecular complexity index is 2440. The minimum atomic E-state index is -2.34. The number of Topliss-reactive ketones (excluding diaryl/α,β-unsaturated/α-hetero) is 1. The highest BCUT2D eigenvalue weighted by atomic mass is 32.2. The van der Waals surface area contributed by atoms with E-state index >= 15 is 8.78 Å². The van der Waals surface area contributed by atoms with Gasteiger partial charge in [-0.15, -0.1) is 11.8 Å². The highest BCUT2D eigenvalue weighted by Gasteiger charge is 2.80. The van der Waals surface area contributed by atoms with Crippen molar-refractivity contribution < 1.29 is 71.8 Å². The number of unbranched alkanes of at least 4 members (excludes halogenated alkanes) is 1. The van der Waals surface area contributed by atoms with Crippen LogP contribution in [0.3, 0.4) is 0 Å². The summed E-state index contributed by atoms with van der Waals surface area (Å²) in [5, 5.41) is 39.1. The summed E-state index contributed by atoms with van der Waals surface area (Å²) in [6.45, 7) is 7.67. The Morgan fingerprint density at radius 1 is 0.932 bits per heavy atom. The van der Waals surface area contributed by atoms with Gasteiger partial charge in [-0.1, -0.05) is 76.1 Å². The molecular weight excluding hydrogens is 981 g/mol. The number of ketones is 2. The van der Waals surface area contributed by atoms with E-state index in [4.69, 9.17) is 18.9 Å². The summed E-state index contributed by atoms with van der Waals surface area (Å²) < 4.78 is 57.9. The van der Waals surface area contributed by atoms with Gasteiger partial charge in [0.05, 0.1) is 56.7 Å². The molecule has 0 bridgehead atoms. The fourth-order valence-electron chi connectivity index (χ4n) is 12.2. The molecular formula is C55H71F2N3O13S. The fraction of sp³-hybridized carbons (Fsp3) is 0.600. The quantitative estimate of drug-likeness (QED) is 0.0588. The lowest BCUT2D eigenvalue weighted by Gasteiger charge is -2.63. The van der Waals surface area contributed by atoms with E-state index in [9.17, 15) is 44.1 Å². The van der Waals surface area contributed by atoms with Gasteiger partial charge in [-0.2, -0.15) is 0 Å². The Labute approximate surface area is 435 Å². The van der Waals surface area contributed by atoms with Gasteiger partial charge in [0.15, 0.2) is 29.1 Å². The number of hydrogen-bond donors (Lipinski definition) is 6. The number of aliphatic hydroxyl groups excluding tert-OH is 2. The topological polar surface area (TPSA) is 236 Å². The highest BCUT2D eigenvalue weighted by Crippen LogP contribution is 2.72. The second-order valence-electron chi connectivity index (χ2n) is 20.7. The van der Waals surface area contributed by atoms with Crippen LogP contribution in [-0.4, -0.2) is 137 Å². The molecule has 0 spiro atoms. The van der Waals surface area contributed by atoms with Crippen LogP contribution < -0.4 is 16.0 Å². The molecule has 1 aliphatic heterocycles. The molecule has 5 aliphatic rings. The number of fused-ring (bicyclic) bond motifs is 7. The van der Waals surface area contributed by atoms with E-state index in [-0.39, 0.29) is 101 Å². The lowest BCUT2D eigenvalue weighted by Crippen LogP contribution is -2.70. The van der Waals surface area contributed by atoms with E-state index in [1.165, 1.54) is 30.8 Å². The highest BCUT2D eigenvalue weighted by molar-refractivity contribution is 8.01. The van der Waals surface area contributed by atoms with Crippen molar-refractivity contribution in [1.29, 1.82) is 0 Å². The Hall–Kier alpha value is -4.89. The average Bonchev–Trinajstić information content (AvgIpc) is 3.86. The van der Waals surface area contributed by atoms with E-state index in [0.717, 1.165) is 36.5 Å². The zero-order valence-electron chi connectivity index (χ0n) is 42.6. The molecule has 4 fully saturated rings. The number of aliphatic hydroxyl groups is 2. The first kappa shape index (κ1) is 56.8. The monoisotopic (exact) mass is 1050 g/mol. The van der Waals surface area contributed by atoms with Crippen LogP contribution in [0.5, 0.6) is 0 Å². The van der Waals surface area contributed by atoms with Gasteiger partial charge in [0.1, 0.15) is 12.8 Å². The smallest absolute Gasteiger partial charge is 0.305 e. The summed E-state index contributed by atoms with van der Waals surface area (Å²) in [4.78, 5) is 75.1. The second-order valence-corrected chi connectivity index (χ2v) is 22.3. The Morgan fingerprint density at radius 3 is 2.39 bits per heavy atom. The van der Waals surface area contributed by atoms with E-state index in [1.807, 2.05) is 49.4 Å². The Kier molecular flexibility index (Phi) is 18.7. The molecule has 16 nitrogen and oxygen atoms in total. The van der Waals surface area contributed by atoms with Gasteiger partial charge in [-0.3, -0.25) is 28.8 Å². The van der Waals surface area contributed by atoms with Crippen molar-refractivity contribution in [2.75, 3.05) is 51.4 Å². The number of carbonyl (C=O) groups is 6. The van der Waals surface area contributed by atoms with Crippen molar-refractivity contribution in [2.24, 2.45) is 22.7 Å². The van der Waals surface area contributed by atoms with E-state index in [1.54, 1.807) is 13.0 Å². The normalized spacial score (nSPS) is 30.5. The molecule has 74 heavy (non-hydrogen) atoms. The number of alkyl halides is 2. The van der Waals surface area contributed by atoms with E-state index < -0.39 is 93.9 Å². The van der Waals surface area contributed by atoms with Crippen molar-refractivity contribution in [1.82, 2.24) is 10.6 Å². The van der Waals surface area contributed by atoms with Gasteiger partial charge in [0.25, 0.3) is 0 Å². The summed E-state index contributed by atoms with van der Waals surface area (Å²) >= 11 is 1.34. The van der Waals surface area contributed by atoms with E-state index in [2.05, 4.69) is 22.9 Å². The van der Waals surface area contributed by atoms with Crippen molar-refractivity contribution in [2.45, 2.75) is 138 Å². The number of nitrogens with one attached hydrogen (secondary N) is 3. The van der Waals surface area contributed by atoms with Crippen molar-refractivity contribution in [3.63, 3.8) is 0 Å². The number of rotatable bonds is 26. The third kappa shape index (κ3) is 11.9. The van der Waals surface area contributed by atoms with Crippen LogP contribution in [0.2, 0.25) is 0 Å². The number of halogens is 2. The maximum absolute atomic E-state index is 17.8. The maximum Gasteiger partial charge on any atom is 0.305 e. The molecule has 1 saturated heterocycles. The van der Waals surface area contributed by atoms with Crippen LogP contribution in [0.15, 0.2) is 72.3 Å². The lowest BCUT2D eigenvalue weighted by molar-refractivity contribution is -0.235. The number of carboxylic acid groups (broad SMARTS) is 1. The number of aliphatic carboxylic acids is 1. The first-order chi connectivity index (χ1) is 35.3. The van der Waals surface area contributed by atoms with Gasteiger partial charge >= 0.3 is 5.97 Å². The molecule has 6 N–H and O–H groups in total. The standard InChI is InChI=1S/C55H71F2N3O13S/c1-5-6-8-33(2)74-43(30-49(67)68)50(69)59-19-16-47(65)58-20-22-71-24-23-70-21-17-48(66)60-37-10-7-9-35(26-37)25-34-11-13-36(14-12-34)51-72-46-29-39-40-28-42(56)41-27-38(62)15-18-52(41,3)54(40,57)44(63)31-53(39,4)55(46,73-51)45(64)32-61/h7,9-15,18,26-27,33,39-40,42-44,46,51,61,63H,5-6,8,16-17,19-25,28-32H2,1-4H3,(H,58,65)(H,59,69)(H,60,66)(H,67,68)/t33?,39?,40-,42-,43?,44-,46+,51+,52-,53-,54-,55+/m0/s1. The first-order valence-corrected chi connectivity index (χ1v) is 26.7. The minimum absolute atomic E-state index is 0.00711. The minimum Gasteiger partial charge on any atom is -0.481 e. The number of carboxylic acids is 1. The van der Waals surface area contributed by atoms with Crippen molar-refractivity contribution >= 4 is 52.7 Å². The molecule has 1 heterocycles. The van der Waals surface area contributed by atoms with Gasteiger partial charge in [0, 0.05) is 52.8 Å². The van der Waals surface area contributed by atoms with E-state index in [0.29, 0.717) is 17.7 Å². The maximum atomic E-state index is 17.8. The van der Waals surface area contributed by atoms with Crippen LogP contribution in [0.1, 0.15) is 108 Å². The van der Waals surface area contributed by atoms with Crippen LogP contribution in [0, 0.1) is 22.7 Å². The molecule has 12 atom stereocenters. The number of ether oxygens (including phenoxy) is 4. The number of benzene rings is 2. The van der Waals surface area contributed by atoms with Gasteiger partial charge in [-0.05, 0) is 85.9 Å². The zero-order valence-corrected chi connectivity index (χ0v) is 43.4. The summed E-state index contributed by atoms with van der Waals surface area (Å²) in [5.74, 6) is -4.75. The first-order valence-electron chi connectivity index (χ1n) is 25.8. The largest absolute Gasteiger partial charge is 0.481 e. The predicted molar refractivity (Wildman–Crippen MR) is 271 cm³/mol. The average molecular weight is 1050 g/mol. The summed E-state index contributed by atoms with van der Waals surface area (Å²) in [7, 11) is 0. The number of hydrogen-bond acceptors (Lipinski definition) is 13. The Balaban J connectivity index is 0.816. The van der Waals surface area contributed by atoms with Gasteiger partial charge in [-0.25, -0.2) is 8.78 Å². The van der Waals surface area contributed by atoms with Gasteiger partial charge in [0.2, 0.25) is 17.7 Å². The number of carbonyl (C=O) groups excluding carboxylic acids is 5. The van der Waals surface area contributed by atoms with Crippen LogP contribution in [0.25, 0.3) is 0 Å². The number of anilines is 1. The van der Waals surface area contributed by atoms with Crippen LogP contribution in [0.4, 0.5) is 14.5 Å². The van der Waals surface area contributed by atoms with Crippen LogP contribution in [-0.2, 0) is 54.1 Å². The summed E-state index contributed by atoms with van der Waals surface area (Å²) in [6, 6.07) is 14.9. The molecule has 19 heteroatoms. The fourth-order valence-corrected chi connectivity index (χ4v) is 13.5. The lowest BCUT2D eigenvalue weighted by atomic mass is 9.44. The molecule has 0 aromatic heterocycles.